The summed E-state index contributed by atoms with van der Waals surface area (Å²) >= 11 is 0. The molecule has 0 aliphatic rings. The molecule has 1 unspecified atom stereocenters. The van der Waals surface area contributed by atoms with E-state index in [2.05, 4.69) is 20.4 Å². The van der Waals surface area contributed by atoms with Gasteiger partial charge in [-0.3, -0.25) is 0 Å². The highest BCUT2D eigenvalue weighted by Crippen LogP contribution is 2.20. The first-order chi connectivity index (χ1) is 12.1. The molecule has 0 aliphatic heterocycles. The van der Waals surface area contributed by atoms with Gasteiger partial charge in [-0.2, -0.15) is 0 Å². The van der Waals surface area contributed by atoms with E-state index in [0.717, 1.165) is 0 Å². The fourth-order valence-electron chi connectivity index (χ4n) is 3.23. The van der Waals surface area contributed by atoms with Crippen LogP contribution < -0.4 is 0 Å². The first-order valence-corrected chi connectivity index (χ1v) is 10.9. The van der Waals surface area contributed by atoms with Crippen molar-refractivity contribution in [2.24, 2.45) is 5.92 Å². The predicted molar refractivity (Wildman–Crippen MR) is 110 cm³/mol. The second-order valence-corrected chi connectivity index (χ2v) is 7.71. The Balaban J connectivity index is 3.94. The summed E-state index contributed by atoms with van der Waals surface area (Å²) in [4.78, 5) is 11.7. The molecule has 25 heavy (non-hydrogen) atoms. The van der Waals surface area contributed by atoms with Crippen LogP contribution in [0.15, 0.2) is 12.2 Å². The third-order valence-corrected chi connectivity index (χ3v) is 4.98. The summed E-state index contributed by atoms with van der Waals surface area (Å²) in [6.45, 7) is 10.5. The van der Waals surface area contributed by atoms with Gasteiger partial charge in [0.15, 0.2) is 0 Å². The summed E-state index contributed by atoms with van der Waals surface area (Å²) in [5, 5.41) is 0. The smallest absolute Gasteiger partial charge is 0.333 e. The van der Waals surface area contributed by atoms with Gasteiger partial charge in [0.25, 0.3) is 0 Å². The number of carbonyl (C=O) groups excluding carboxylic acids is 1. The molecule has 1 atom stereocenters. The van der Waals surface area contributed by atoms with Gasteiger partial charge in [-0.25, -0.2) is 4.79 Å². The second-order valence-electron chi connectivity index (χ2n) is 7.71. The number of unbranched alkanes of at least 4 members (excludes halogenated alkanes) is 11. The van der Waals surface area contributed by atoms with Gasteiger partial charge in [-0.05, 0) is 25.7 Å². The Labute approximate surface area is 157 Å². The first-order valence-electron chi connectivity index (χ1n) is 10.9. The predicted octanol–water partition coefficient (Wildman–Crippen LogP) is 7.61. The molecule has 0 radical (unpaired) electrons. The van der Waals surface area contributed by atoms with Crippen LogP contribution in [0.25, 0.3) is 0 Å². The maximum Gasteiger partial charge on any atom is 0.333 e. The molecule has 0 saturated carbocycles. The second kappa shape index (κ2) is 18.0. The molecule has 0 aromatic heterocycles. The Bertz CT molecular complexity index is 322. The Morgan fingerprint density at radius 1 is 0.760 bits per heavy atom. The van der Waals surface area contributed by atoms with Crippen molar-refractivity contribution in [2.75, 3.05) is 6.61 Å². The lowest BCUT2D eigenvalue weighted by Gasteiger charge is -2.17. The van der Waals surface area contributed by atoms with E-state index in [9.17, 15) is 4.79 Å². The number of hydrogen-bond acceptors (Lipinski definition) is 2. The molecule has 0 bridgehead atoms. The number of ether oxygens (including phenoxy) is 1. The molecular formula is C23H44O2. The van der Waals surface area contributed by atoms with Crippen LogP contribution in [0.3, 0.4) is 0 Å². The highest BCUT2D eigenvalue weighted by atomic mass is 16.5. The van der Waals surface area contributed by atoms with Crippen molar-refractivity contribution >= 4 is 5.97 Å². The zero-order chi connectivity index (χ0) is 18.8. The molecular weight excluding hydrogens is 308 g/mol. The fourth-order valence-corrected chi connectivity index (χ4v) is 3.23. The Morgan fingerprint density at radius 2 is 1.16 bits per heavy atom. The lowest BCUT2D eigenvalue weighted by atomic mass is 9.94. The SMILES string of the molecule is C=C(C)C(=O)OCC(CCCCCCCC)CCCCCCCCC. The van der Waals surface area contributed by atoms with Gasteiger partial charge in [-0.1, -0.05) is 104 Å². The van der Waals surface area contributed by atoms with E-state index >= 15 is 0 Å². The highest BCUT2D eigenvalue weighted by Gasteiger charge is 2.12. The first kappa shape index (κ1) is 24.2. The molecule has 148 valence electrons. The van der Waals surface area contributed by atoms with E-state index in [0.29, 0.717) is 18.1 Å². The summed E-state index contributed by atoms with van der Waals surface area (Å²) in [7, 11) is 0. The summed E-state index contributed by atoms with van der Waals surface area (Å²) in [5.74, 6) is 0.303. The quantitative estimate of drug-likeness (QED) is 0.144. The molecule has 2 nitrogen and oxygen atoms in total. The van der Waals surface area contributed by atoms with Crippen LogP contribution in [0.4, 0.5) is 0 Å². The minimum atomic E-state index is -0.229. The van der Waals surface area contributed by atoms with Crippen LogP contribution in [0.5, 0.6) is 0 Å². The van der Waals surface area contributed by atoms with Crippen LogP contribution in [0, 0.1) is 5.92 Å². The van der Waals surface area contributed by atoms with Crippen LogP contribution in [0.1, 0.15) is 117 Å². The van der Waals surface area contributed by atoms with Crippen LogP contribution in [-0.4, -0.2) is 12.6 Å². The van der Waals surface area contributed by atoms with Gasteiger partial charge in [-0.15, -0.1) is 0 Å². The van der Waals surface area contributed by atoms with Crippen LogP contribution in [-0.2, 0) is 9.53 Å². The minimum absolute atomic E-state index is 0.229. The fraction of sp³-hybridized carbons (Fsp3) is 0.870. The van der Waals surface area contributed by atoms with Gasteiger partial charge in [0.05, 0.1) is 6.61 Å². The van der Waals surface area contributed by atoms with E-state index in [1.807, 2.05) is 0 Å². The van der Waals surface area contributed by atoms with E-state index in [1.165, 1.54) is 96.3 Å². The molecule has 0 amide bonds. The largest absolute Gasteiger partial charge is 0.462 e. The topological polar surface area (TPSA) is 26.3 Å². The van der Waals surface area contributed by atoms with Crippen molar-refractivity contribution in [3.8, 4) is 0 Å². The van der Waals surface area contributed by atoms with Gasteiger partial charge in [0.2, 0.25) is 0 Å². The molecule has 2 heteroatoms. The highest BCUT2D eigenvalue weighted by molar-refractivity contribution is 5.86. The lowest BCUT2D eigenvalue weighted by Crippen LogP contribution is -2.15. The molecule has 0 aromatic carbocycles. The van der Waals surface area contributed by atoms with E-state index in [1.54, 1.807) is 6.92 Å². The van der Waals surface area contributed by atoms with Crippen molar-refractivity contribution in [3.63, 3.8) is 0 Å². The van der Waals surface area contributed by atoms with Crippen molar-refractivity contribution in [1.29, 1.82) is 0 Å². The zero-order valence-corrected chi connectivity index (χ0v) is 17.4. The van der Waals surface area contributed by atoms with Gasteiger partial charge in [0, 0.05) is 5.57 Å². The van der Waals surface area contributed by atoms with E-state index in [4.69, 9.17) is 4.74 Å². The van der Waals surface area contributed by atoms with Crippen LogP contribution >= 0.6 is 0 Å². The Kier molecular flexibility index (Phi) is 17.4. The summed E-state index contributed by atoms with van der Waals surface area (Å²) in [6, 6.07) is 0. The Morgan fingerprint density at radius 3 is 1.56 bits per heavy atom. The maximum atomic E-state index is 11.7. The van der Waals surface area contributed by atoms with Crippen molar-refractivity contribution in [1.82, 2.24) is 0 Å². The maximum absolute atomic E-state index is 11.7. The average Bonchev–Trinajstić information content (AvgIpc) is 2.60. The standard InChI is InChI=1S/C23H44O2/c1-5-7-9-11-13-15-17-19-22(20-25-23(24)21(3)4)18-16-14-12-10-8-6-2/h22H,3,5-20H2,1-2,4H3. The Hall–Kier alpha value is -0.790. The molecule has 0 fully saturated rings. The monoisotopic (exact) mass is 352 g/mol. The molecule has 0 rings (SSSR count). The summed E-state index contributed by atoms with van der Waals surface area (Å²) in [5.41, 5.74) is 0.509. The number of carbonyl (C=O) groups is 1. The number of esters is 1. The van der Waals surface area contributed by atoms with Crippen LogP contribution in [0.2, 0.25) is 0 Å². The molecule has 0 heterocycles. The van der Waals surface area contributed by atoms with E-state index in [-0.39, 0.29) is 5.97 Å². The van der Waals surface area contributed by atoms with Crippen molar-refractivity contribution < 1.29 is 9.53 Å². The number of rotatable bonds is 18. The molecule has 0 spiro atoms. The molecule has 0 N–H and O–H groups in total. The third-order valence-electron chi connectivity index (χ3n) is 4.98. The molecule has 0 saturated heterocycles. The minimum Gasteiger partial charge on any atom is -0.462 e. The molecule has 0 aromatic rings. The van der Waals surface area contributed by atoms with E-state index < -0.39 is 0 Å². The van der Waals surface area contributed by atoms with Gasteiger partial charge < -0.3 is 4.74 Å². The van der Waals surface area contributed by atoms with Gasteiger partial charge >= 0.3 is 5.97 Å². The average molecular weight is 353 g/mol. The summed E-state index contributed by atoms with van der Waals surface area (Å²) in [6.07, 6.45) is 19.8. The van der Waals surface area contributed by atoms with Gasteiger partial charge in [0.1, 0.15) is 0 Å². The summed E-state index contributed by atoms with van der Waals surface area (Å²) < 4.78 is 5.43. The lowest BCUT2D eigenvalue weighted by molar-refractivity contribution is -0.140. The van der Waals surface area contributed by atoms with Crippen molar-refractivity contribution in [3.05, 3.63) is 12.2 Å². The molecule has 0 aliphatic carbocycles. The third kappa shape index (κ3) is 16.4. The zero-order valence-electron chi connectivity index (χ0n) is 17.4. The van der Waals surface area contributed by atoms with Crippen molar-refractivity contribution in [2.45, 2.75) is 117 Å². The number of hydrogen-bond donors (Lipinski definition) is 0. The normalized spacial score (nSPS) is 12.1.